The van der Waals surface area contributed by atoms with Crippen molar-refractivity contribution < 1.29 is 9.18 Å². The van der Waals surface area contributed by atoms with Crippen molar-refractivity contribution in [2.24, 2.45) is 5.92 Å². The van der Waals surface area contributed by atoms with Crippen LogP contribution in [0.1, 0.15) is 36.5 Å². The van der Waals surface area contributed by atoms with Gasteiger partial charge in [-0.1, -0.05) is 25.5 Å². The van der Waals surface area contributed by atoms with Crippen molar-refractivity contribution in [3.63, 3.8) is 0 Å². The standard InChI is InChI=1S/C15H20FNO/c1-2-5-12-8-9-17(10-12)11-15(18)13-6-3-4-7-14(13)16/h3-4,6-7,12H,2,5,8-11H2,1H3. The lowest BCUT2D eigenvalue weighted by molar-refractivity contribution is 0.0939. The number of carbonyl (C=O) groups is 1. The average Bonchev–Trinajstić information content (AvgIpc) is 2.77. The molecule has 0 spiro atoms. The topological polar surface area (TPSA) is 20.3 Å². The molecule has 0 bridgehead atoms. The Kier molecular flexibility index (Phi) is 4.48. The summed E-state index contributed by atoms with van der Waals surface area (Å²) >= 11 is 0. The number of ketones is 1. The fourth-order valence-corrected chi connectivity index (χ4v) is 2.68. The molecule has 2 nitrogen and oxygen atoms in total. The Morgan fingerprint density at radius 3 is 2.94 bits per heavy atom. The normalized spacial score (nSPS) is 20.2. The highest BCUT2D eigenvalue weighted by Crippen LogP contribution is 2.21. The minimum Gasteiger partial charge on any atom is -0.296 e. The molecule has 1 aliphatic rings. The summed E-state index contributed by atoms with van der Waals surface area (Å²) in [7, 11) is 0. The van der Waals surface area contributed by atoms with Crippen LogP contribution in [0.5, 0.6) is 0 Å². The molecule has 3 heteroatoms. The van der Waals surface area contributed by atoms with Crippen LogP contribution in [0.25, 0.3) is 0 Å². The molecule has 1 atom stereocenters. The van der Waals surface area contributed by atoms with Crippen LogP contribution in [-0.4, -0.2) is 30.3 Å². The third-order valence-electron chi connectivity index (χ3n) is 3.61. The van der Waals surface area contributed by atoms with Gasteiger partial charge in [0.1, 0.15) is 5.82 Å². The average molecular weight is 249 g/mol. The number of Topliss-reactive ketones (excluding diaryl/α,β-unsaturated/α-hetero) is 1. The highest BCUT2D eigenvalue weighted by atomic mass is 19.1. The lowest BCUT2D eigenvalue weighted by atomic mass is 10.0. The Morgan fingerprint density at radius 2 is 2.22 bits per heavy atom. The number of benzene rings is 1. The molecule has 0 amide bonds. The fraction of sp³-hybridized carbons (Fsp3) is 0.533. The van der Waals surface area contributed by atoms with Crippen LogP contribution in [0.3, 0.4) is 0 Å². The van der Waals surface area contributed by atoms with E-state index in [1.807, 2.05) is 0 Å². The Balaban J connectivity index is 1.91. The van der Waals surface area contributed by atoms with Crippen LogP contribution in [0.15, 0.2) is 24.3 Å². The summed E-state index contributed by atoms with van der Waals surface area (Å²) in [6, 6.07) is 6.23. The minimum absolute atomic E-state index is 0.106. The number of halogens is 1. The van der Waals surface area contributed by atoms with Crippen molar-refractivity contribution in [1.82, 2.24) is 4.90 Å². The Morgan fingerprint density at radius 1 is 1.44 bits per heavy atom. The molecule has 0 aliphatic carbocycles. The van der Waals surface area contributed by atoms with E-state index in [-0.39, 0.29) is 11.3 Å². The van der Waals surface area contributed by atoms with Crippen LogP contribution < -0.4 is 0 Å². The summed E-state index contributed by atoms with van der Waals surface area (Å²) in [5, 5.41) is 0. The number of likely N-dealkylation sites (tertiary alicyclic amines) is 1. The van der Waals surface area contributed by atoms with Gasteiger partial charge in [0.25, 0.3) is 0 Å². The highest BCUT2D eigenvalue weighted by Gasteiger charge is 2.24. The van der Waals surface area contributed by atoms with Gasteiger partial charge in [-0.15, -0.1) is 0 Å². The molecule has 1 fully saturated rings. The second kappa shape index (κ2) is 6.10. The van der Waals surface area contributed by atoms with E-state index in [2.05, 4.69) is 11.8 Å². The van der Waals surface area contributed by atoms with E-state index in [1.54, 1.807) is 18.2 Å². The van der Waals surface area contributed by atoms with Gasteiger partial charge >= 0.3 is 0 Å². The van der Waals surface area contributed by atoms with Gasteiger partial charge in [-0.3, -0.25) is 9.69 Å². The molecule has 0 saturated carbocycles. The van der Waals surface area contributed by atoms with Crippen molar-refractivity contribution in [2.45, 2.75) is 26.2 Å². The van der Waals surface area contributed by atoms with Gasteiger partial charge in [0, 0.05) is 6.54 Å². The molecule has 1 unspecified atom stereocenters. The molecule has 0 radical (unpaired) electrons. The van der Waals surface area contributed by atoms with Crippen molar-refractivity contribution in [3.05, 3.63) is 35.6 Å². The van der Waals surface area contributed by atoms with Gasteiger partial charge in [-0.2, -0.15) is 0 Å². The molecule has 1 aromatic rings. The molecule has 0 N–H and O–H groups in total. The Hall–Kier alpha value is -1.22. The zero-order valence-electron chi connectivity index (χ0n) is 10.9. The lowest BCUT2D eigenvalue weighted by Gasteiger charge is -2.15. The van der Waals surface area contributed by atoms with Crippen LogP contribution in [-0.2, 0) is 0 Å². The maximum absolute atomic E-state index is 13.5. The first-order valence-corrected chi connectivity index (χ1v) is 6.70. The molecule has 1 aromatic carbocycles. The third kappa shape index (κ3) is 3.16. The first-order chi connectivity index (χ1) is 8.70. The summed E-state index contributed by atoms with van der Waals surface area (Å²) in [5.41, 5.74) is 0.219. The summed E-state index contributed by atoms with van der Waals surface area (Å²) < 4.78 is 13.5. The van der Waals surface area contributed by atoms with E-state index in [9.17, 15) is 9.18 Å². The monoisotopic (exact) mass is 249 g/mol. The van der Waals surface area contributed by atoms with Gasteiger partial charge < -0.3 is 0 Å². The van der Waals surface area contributed by atoms with Gasteiger partial charge in [0.15, 0.2) is 5.78 Å². The van der Waals surface area contributed by atoms with Crippen LogP contribution in [0, 0.1) is 11.7 Å². The van der Waals surface area contributed by atoms with Crippen LogP contribution >= 0.6 is 0 Å². The molecular formula is C15H20FNO. The molecular weight excluding hydrogens is 229 g/mol. The third-order valence-corrected chi connectivity index (χ3v) is 3.61. The number of rotatable bonds is 5. The van der Waals surface area contributed by atoms with E-state index in [1.165, 1.54) is 25.3 Å². The Labute approximate surface area is 108 Å². The molecule has 18 heavy (non-hydrogen) atoms. The van der Waals surface area contributed by atoms with E-state index >= 15 is 0 Å². The summed E-state index contributed by atoms with van der Waals surface area (Å²) in [6.07, 6.45) is 3.59. The quantitative estimate of drug-likeness (QED) is 0.747. The summed E-state index contributed by atoms with van der Waals surface area (Å²) in [4.78, 5) is 14.2. The maximum atomic E-state index is 13.5. The largest absolute Gasteiger partial charge is 0.296 e. The fourth-order valence-electron chi connectivity index (χ4n) is 2.68. The molecule has 98 valence electrons. The second-order valence-electron chi connectivity index (χ2n) is 5.08. The van der Waals surface area contributed by atoms with Gasteiger partial charge in [0.2, 0.25) is 0 Å². The molecule has 1 saturated heterocycles. The van der Waals surface area contributed by atoms with Crippen LogP contribution in [0.4, 0.5) is 4.39 Å². The molecule has 1 heterocycles. The van der Waals surface area contributed by atoms with Gasteiger partial charge in [0.05, 0.1) is 12.1 Å². The lowest BCUT2D eigenvalue weighted by Crippen LogP contribution is -2.28. The van der Waals surface area contributed by atoms with Crippen molar-refractivity contribution in [3.8, 4) is 0 Å². The van der Waals surface area contributed by atoms with E-state index in [0.717, 1.165) is 13.1 Å². The minimum atomic E-state index is -0.410. The van der Waals surface area contributed by atoms with Crippen LogP contribution in [0.2, 0.25) is 0 Å². The highest BCUT2D eigenvalue weighted by molar-refractivity contribution is 5.97. The number of hydrogen-bond donors (Lipinski definition) is 0. The van der Waals surface area contributed by atoms with Crippen molar-refractivity contribution in [1.29, 1.82) is 0 Å². The number of hydrogen-bond acceptors (Lipinski definition) is 2. The van der Waals surface area contributed by atoms with E-state index in [0.29, 0.717) is 12.5 Å². The molecule has 1 aliphatic heterocycles. The number of carbonyl (C=O) groups excluding carboxylic acids is 1. The van der Waals surface area contributed by atoms with Crippen molar-refractivity contribution in [2.75, 3.05) is 19.6 Å². The smallest absolute Gasteiger partial charge is 0.179 e. The SMILES string of the molecule is CCCC1CCN(CC(=O)c2ccccc2F)C1. The summed E-state index contributed by atoms with van der Waals surface area (Å²) in [5.74, 6) is 0.195. The first kappa shape index (κ1) is 13.2. The first-order valence-electron chi connectivity index (χ1n) is 6.70. The molecule has 2 rings (SSSR count). The van der Waals surface area contributed by atoms with E-state index in [4.69, 9.17) is 0 Å². The Bertz CT molecular complexity index is 419. The zero-order valence-corrected chi connectivity index (χ0v) is 10.9. The predicted molar refractivity (Wildman–Crippen MR) is 70.2 cm³/mol. The van der Waals surface area contributed by atoms with Crippen molar-refractivity contribution >= 4 is 5.78 Å². The second-order valence-corrected chi connectivity index (χ2v) is 5.08. The van der Waals surface area contributed by atoms with Gasteiger partial charge in [-0.25, -0.2) is 4.39 Å². The zero-order chi connectivity index (χ0) is 13.0. The maximum Gasteiger partial charge on any atom is 0.179 e. The summed E-state index contributed by atoms with van der Waals surface area (Å²) in [6.45, 7) is 4.48. The van der Waals surface area contributed by atoms with Gasteiger partial charge in [-0.05, 0) is 37.4 Å². The number of nitrogens with zero attached hydrogens (tertiary/aromatic N) is 1. The van der Waals surface area contributed by atoms with E-state index < -0.39 is 5.82 Å². The predicted octanol–water partition coefficient (Wildman–Crippen LogP) is 3.13. The molecule has 0 aromatic heterocycles.